The third-order valence-corrected chi connectivity index (χ3v) is 5.73. The van der Waals surface area contributed by atoms with E-state index in [1.54, 1.807) is 12.1 Å². The average Bonchev–Trinajstić information content (AvgIpc) is 3.30. The van der Waals surface area contributed by atoms with E-state index >= 15 is 0 Å². The van der Waals surface area contributed by atoms with Crippen molar-refractivity contribution >= 4 is 17.6 Å². The molecular weight excluding hydrogens is 455 g/mol. The Bertz CT molecular complexity index is 1250. The molecule has 0 radical (unpaired) electrons. The first kappa shape index (κ1) is 23.8. The SMILES string of the molecule is COc1ccc(O)c(C(=O)c2ccc(C(=O)N[C@@H]3CNC[C@@H]3NC(=O)c3ccncc3)cc2)c1F. The fourth-order valence-corrected chi connectivity index (χ4v) is 3.83. The van der Waals surface area contributed by atoms with Crippen molar-refractivity contribution < 1.29 is 28.6 Å². The van der Waals surface area contributed by atoms with Gasteiger partial charge in [0.2, 0.25) is 0 Å². The first-order valence-electron chi connectivity index (χ1n) is 10.8. The summed E-state index contributed by atoms with van der Waals surface area (Å²) in [5, 5.41) is 18.9. The molecule has 4 rings (SSSR count). The quantitative estimate of drug-likeness (QED) is 0.380. The number of nitrogens with zero attached hydrogens (tertiary/aromatic N) is 1. The summed E-state index contributed by atoms with van der Waals surface area (Å²) in [4.78, 5) is 41.9. The minimum atomic E-state index is -0.965. The van der Waals surface area contributed by atoms with Crippen LogP contribution in [0.25, 0.3) is 0 Å². The number of ether oxygens (including phenoxy) is 1. The molecule has 3 aromatic rings. The largest absolute Gasteiger partial charge is 0.507 e. The van der Waals surface area contributed by atoms with E-state index in [0.717, 1.165) is 0 Å². The molecule has 9 nitrogen and oxygen atoms in total. The van der Waals surface area contributed by atoms with Crippen LogP contribution in [0.3, 0.4) is 0 Å². The van der Waals surface area contributed by atoms with Gasteiger partial charge in [0.1, 0.15) is 11.3 Å². The molecule has 2 heterocycles. The van der Waals surface area contributed by atoms with Gasteiger partial charge >= 0.3 is 0 Å². The van der Waals surface area contributed by atoms with E-state index in [2.05, 4.69) is 20.9 Å². The second kappa shape index (κ2) is 10.3. The number of methoxy groups -OCH3 is 1. The highest BCUT2D eigenvalue weighted by Crippen LogP contribution is 2.30. The molecule has 0 spiro atoms. The summed E-state index contributed by atoms with van der Waals surface area (Å²) < 4.78 is 19.4. The van der Waals surface area contributed by atoms with Gasteiger partial charge in [0.05, 0.1) is 19.2 Å². The lowest BCUT2D eigenvalue weighted by atomic mass is 10.00. The van der Waals surface area contributed by atoms with Gasteiger partial charge < -0.3 is 25.8 Å². The highest BCUT2D eigenvalue weighted by atomic mass is 19.1. The number of hydrogen-bond acceptors (Lipinski definition) is 7. The minimum absolute atomic E-state index is 0.0917. The maximum atomic E-state index is 14.5. The number of hydrogen-bond donors (Lipinski definition) is 4. The molecule has 1 fully saturated rings. The van der Waals surface area contributed by atoms with Crippen molar-refractivity contribution in [1.82, 2.24) is 20.9 Å². The third-order valence-electron chi connectivity index (χ3n) is 5.73. The Hall–Kier alpha value is -4.31. The maximum Gasteiger partial charge on any atom is 0.251 e. The fourth-order valence-electron chi connectivity index (χ4n) is 3.83. The number of rotatable bonds is 7. The number of amides is 2. The number of pyridine rings is 1. The number of nitrogens with one attached hydrogen (secondary N) is 3. The first-order valence-corrected chi connectivity index (χ1v) is 10.8. The van der Waals surface area contributed by atoms with E-state index in [0.29, 0.717) is 18.7 Å². The number of ketones is 1. The lowest BCUT2D eigenvalue weighted by Crippen LogP contribution is -2.51. The van der Waals surface area contributed by atoms with Gasteiger partial charge in [-0.25, -0.2) is 4.39 Å². The van der Waals surface area contributed by atoms with E-state index in [9.17, 15) is 23.9 Å². The number of aromatic hydroxyl groups is 1. The molecule has 0 bridgehead atoms. The zero-order chi connectivity index (χ0) is 24.9. The van der Waals surface area contributed by atoms with Gasteiger partial charge in [-0.15, -0.1) is 0 Å². The van der Waals surface area contributed by atoms with Gasteiger partial charge in [0.25, 0.3) is 11.8 Å². The standard InChI is InChI=1S/C25H23FN4O5/c1-35-20-7-6-19(31)21(22(20)26)23(32)14-2-4-15(5-3-14)24(33)29-17-12-28-13-18(17)30-25(34)16-8-10-27-11-9-16/h2-11,17-18,28,31H,12-13H2,1H3,(H,29,33)(H,30,34)/t17-,18+/m1/s1. The molecule has 1 saturated heterocycles. The molecule has 0 saturated carbocycles. The molecule has 1 aliphatic heterocycles. The fraction of sp³-hybridized carbons (Fsp3) is 0.200. The van der Waals surface area contributed by atoms with E-state index in [4.69, 9.17) is 4.74 Å². The Morgan fingerprint density at radius 1 is 0.914 bits per heavy atom. The molecule has 2 amide bonds. The van der Waals surface area contributed by atoms with Crippen molar-refractivity contribution in [2.75, 3.05) is 20.2 Å². The second-order valence-corrected chi connectivity index (χ2v) is 7.94. The number of aromatic nitrogens is 1. The van der Waals surface area contributed by atoms with E-state index in [1.165, 1.54) is 55.9 Å². The molecule has 10 heteroatoms. The number of carbonyl (C=O) groups excluding carboxylic acids is 3. The second-order valence-electron chi connectivity index (χ2n) is 7.94. The molecule has 2 aromatic carbocycles. The van der Waals surface area contributed by atoms with Crippen LogP contribution >= 0.6 is 0 Å². The number of carbonyl (C=O) groups is 3. The van der Waals surface area contributed by atoms with Crippen molar-refractivity contribution in [3.8, 4) is 11.5 Å². The number of benzene rings is 2. The van der Waals surface area contributed by atoms with Crippen molar-refractivity contribution in [2.45, 2.75) is 12.1 Å². The van der Waals surface area contributed by atoms with Crippen LogP contribution in [0, 0.1) is 5.82 Å². The van der Waals surface area contributed by atoms with Crippen LogP contribution in [-0.4, -0.2) is 60.0 Å². The molecule has 0 unspecified atom stereocenters. The summed E-state index contributed by atoms with van der Waals surface area (Å²) in [6, 6.07) is 10.6. The highest BCUT2D eigenvalue weighted by Gasteiger charge is 2.30. The van der Waals surface area contributed by atoms with Crippen molar-refractivity contribution in [3.63, 3.8) is 0 Å². The Morgan fingerprint density at radius 2 is 1.46 bits per heavy atom. The van der Waals surface area contributed by atoms with Crippen LogP contribution in [0.15, 0.2) is 60.9 Å². The summed E-state index contributed by atoms with van der Waals surface area (Å²) in [5.41, 5.74) is 0.333. The molecule has 1 aromatic heterocycles. The van der Waals surface area contributed by atoms with Gasteiger partial charge in [-0.3, -0.25) is 19.4 Å². The summed E-state index contributed by atoms with van der Waals surface area (Å²) in [6.07, 6.45) is 3.05. The molecule has 2 atom stereocenters. The monoisotopic (exact) mass is 478 g/mol. The molecule has 1 aliphatic rings. The molecule has 180 valence electrons. The zero-order valence-corrected chi connectivity index (χ0v) is 18.7. The molecule has 4 N–H and O–H groups in total. The predicted molar refractivity (Wildman–Crippen MR) is 124 cm³/mol. The van der Waals surface area contributed by atoms with Crippen LogP contribution in [0.1, 0.15) is 36.6 Å². The molecule has 0 aliphatic carbocycles. The number of phenols is 1. The normalized spacial score (nSPS) is 17.0. The van der Waals surface area contributed by atoms with Crippen LogP contribution in [-0.2, 0) is 0 Å². The van der Waals surface area contributed by atoms with E-state index in [-0.39, 0.29) is 34.9 Å². The van der Waals surface area contributed by atoms with Crippen LogP contribution in [0.4, 0.5) is 4.39 Å². The van der Waals surface area contributed by atoms with Crippen molar-refractivity contribution in [3.05, 3.63) is 89.0 Å². The Balaban J connectivity index is 1.43. The summed E-state index contributed by atoms with van der Waals surface area (Å²) in [5.74, 6) is -3.05. The van der Waals surface area contributed by atoms with Crippen molar-refractivity contribution in [2.24, 2.45) is 0 Å². The predicted octanol–water partition coefficient (Wildman–Crippen LogP) is 1.67. The number of phenolic OH excluding ortho intramolecular Hbond substituents is 1. The Kier molecular flexibility index (Phi) is 7.02. The lowest BCUT2D eigenvalue weighted by molar-refractivity contribution is 0.0896. The van der Waals surface area contributed by atoms with Crippen LogP contribution in [0.5, 0.6) is 11.5 Å². The smallest absolute Gasteiger partial charge is 0.251 e. The summed E-state index contributed by atoms with van der Waals surface area (Å²) in [6.45, 7) is 0.961. The molecule has 35 heavy (non-hydrogen) atoms. The van der Waals surface area contributed by atoms with Crippen LogP contribution < -0.4 is 20.7 Å². The van der Waals surface area contributed by atoms with E-state index in [1.807, 2.05) is 0 Å². The highest BCUT2D eigenvalue weighted by molar-refractivity contribution is 6.11. The van der Waals surface area contributed by atoms with Gasteiger partial charge in [-0.1, -0.05) is 12.1 Å². The minimum Gasteiger partial charge on any atom is -0.507 e. The topological polar surface area (TPSA) is 130 Å². The molecular formula is C25H23FN4O5. The zero-order valence-electron chi connectivity index (χ0n) is 18.7. The third kappa shape index (κ3) is 5.12. The Morgan fingerprint density at radius 3 is 2.03 bits per heavy atom. The van der Waals surface area contributed by atoms with Gasteiger partial charge in [-0.2, -0.15) is 0 Å². The van der Waals surface area contributed by atoms with Crippen molar-refractivity contribution in [1.29, 1.82) is 0 Å². The summed E-state index contributed by atoms with van der Waals surface area (Å²) >= 11 is 0. The van der Waals surface area contributed by atoms with E-state index < -0.39 is 28.8 Å². The summed E-state index contributed by atoms with van der Waals surface area (Å²) in [7, 11) is 1.26. The van der Waals surface area contributed by atoms with Gasteiger partial charge in [0, 0.05) is 42.2 Å². The van der Waals surface area contributed by atoms with Gasteiger partial charge in [-0.05, 0) is 36.4 Å². The number of halogens is 1. The maximum absolute atomic E-state index is 14.5. The Labute approximate surface area is 200 Å². The first-order chi connectivity index (χ1) is 16.9. The van der Waals surface area contributed by atoms with Crippen LogP contribution in [0.2, 0.25) is 0 Å². The average molecular weight is 478 g/mol. The van der Waals surface area contributed by atoms with Gasteiger partial charge in [0.15, 0.2) is 17.3 Å². The lowest BCUT2D eigenvalue weighted by Gasteiger charge is -2.21.